The van der Waals surface area contributed by atoms with E-state index in [2.05, 4.69) is 47.3 Å². The number of nitrogens with zero attached hydrogens (tertiary/aromatic N) is 4. The van der Waals surface area contributed by atoms with Crippen molar-refractivity contribution in [3.8, 4) is 0 Å². The van der Waals surface area contributed by atoms with Crippen LogP contribution in [-0.2, 0) is 0 Å². The predicted octanol–water partition coefficient (Wildman–Crippen LogP) is 12.7. The van der Waals surface area contributed by atoms with Crippen molar-refractivity contribution in [1.82, 2.24) is 19.6 Å². The minimum absolute atomic E-state index is 0.814. The van der Waals surface area contributed by atoms with E-state index in [0.717, 1.165) is 167 Å². The molecule has 0 aromatic heterocycles. The molecule has 0 aromatic rings. The molecule has 0 amide bonds. The second-order valence-electron chi connectivity index (χ2n) is 28.5. The summed E-state index contributed by atoms with van der Waals surface area (Å²) in [6, 6.07) is 10.8. The van der Waals surface area contributed by atoms with Crippen LogP contribution in [0.25, 0.3) is 0 Å². The monoisotopic (exact) mass is 873 g/mol. The van der Waals surface area contributed by atoms with E-state index in [0.29, 0.717) is 0 Å². The molecular formula is C60H96N4. The highest BCUT2D eigenvalue weighted by Crippen LogP contribution is 2.72. The van der Waals surface area contributed by atoms with E-state index in [1.54, 1.807) is 89.9 Å². The van der Waals surface area contributed by atoms with Gasteiger partial charge in [0.1, 0.15) is 0 Å². The molecule has 6 saturated heterocycles. The number of hydrogen-bond acceptors (Lipinski definition) is 4. The third kappa shape index (κ3) is 5.51. The molecule has 24 unspecified atom stereocenters. The average molecular weight is 873 g/mol. The Balaban J connectivity index is 0.862. The van der Waals surface area contributed by atoms with Crippen molar-refractivity contribution in [3.05, 3.63) is 0 Å². The van der Waals surface area contributed by atoms with Gasteiger partial charge in [-0.1, -0.05) is 105 Å². The van der Waals surface area contributed by atoms with E-state index < -0.39 is 0 Å². The van der Waals surface area contributed by atoms with Gasteiger partial charge in [-0.25, -0.2) is 0 Å². The Bertz CT molecular complexity index is 1610. The van der Waals surface area contributed by atoms with Crippen molar-refractivity contribution in [2.75, 3.05) is 0 Å². The van der Waals surface area contributed by atoms with E-state index >= 15 is 0 Å². The van der Waals surface area contributed by atoms with Crippen LogP contribution in [0.5, 0.6) is 0 Å². The van der Waals surface area contributed by atoms with Gasteiger partial charge in [0.25, 0.3) is 0 Å². The molecular weight excluding hydrogens is 777 g/mol. The highest BCUT2D eigenvalue weighted by atomic mass is 15.4. The second-order valence-corrected chi connectivity index (χ2v) is 28.5. The summed E-state index contributed by atoms with van der Waals surface area (Å²) in [6.07, 6.45) is 43.5. The van der Waals surface area contributed by atoms with Crippen LogP contribution in [-0.4, -0.2) is 92.1 Å². The molecule has 9 saturated carbocycles. The van der Waals surface area contributed by atoms with E-state index in [1.807, 2.05) is 0 Å². The Morgan fingerprint density at radius 2 is 0.562 bits per heavy atom. The molecule has 0 bridgehead atoms. The molecule has 356 valence electrons. The topological polar surface area (TPSA) is 13.0 Å². The minimum Gasteiger partial charge on any atom is -0.292 e. The van der Waals surface area contributed by atoms with Crippen LogP contribution in [0.15, 0.2) is 0 Å². The van der Waals surface area contributed by atoms with Crippen LogP contribution in [0, 0.1) is 94.7 Å². The van der Waals surface area contributed by atoms with Crippen LogP contribution >= 0.6 is 0 Å². The Hall–Kier alpha value is -0.160. The molecule has 6 heterocycles. The van der Waals surface area contributed by atoms with Crippen molar-refractivity contribution in [1.29, 1.82) is 0 Å². The number of likely N-dealkylation sites (tertiary alicyclic amines) is 2. The molecule has 0 radical (unpaired) electrons. The van der Waals surface area contributed by atoms with Crippen LogP contribution in [0.4, 0.5) is 0 Å². The van der Waals surface area contributed by atoms with E-state index in [9.17, 15) is 0 Å². The molecule has 6 aliphatic heterocycles. The fourth-order valence-corrected chi connectivity index (χ4v) is 25.5. The fourth-order valence-electron chi connectivity index (χ4n) is 25.5. The third-order valence-corrected chi connectivity index (χ3v) is 26.3. The molecule has 0 N–H and O–H groups in total. The Morgan fingerprint density at radius 1 is 0.250 bits per heavy atom. The highest BCUT2D eigenvalue weighted by molar-refractivity contribution is 5.29. The van der Waals surface area contributed by atoms with Crippen LogP contribution in [0.3, 0.4) is 0 Å². The lowest BCUT2D eigenvalue weighted by Crippen LogP contribution is -2.66. The number of hydrogen-bond donors (Lipinski definition) is 0. The summed E-state index contributed by atoms with van der Waals surface area (Å²) in [5.74, 6) is 15.4. The molecule has 4 nitrogen and oxygen atoms in total. The van der Waals surface area contributed by atoms with Crippen LogP contribution < -0.4 is 0 Å². The zero-order chi connectivity index (χ0) is 42.3. The maximum Gasteiger partial charge on any atom is 0.0292 e. The van der Waals surface area contributed by atoms with Gasteiger partial charge in [-0.15, -0.1) is 0 Å². The SMILES string of the molecule is CC(C)C1C2C3CCCC4C5CCC6C7CCCCC7N(C7CCCCC7)C6C5N(C43)C2C(C(C)C)C2C3CCCC4C5CCC6C7CCCCC7N(C7CCCCC7)C6C5N(C43)C12. The van der Waals surface area contributed by atoms with Gasteiger partial charge >= 0.3 is 0 Å². The van der Waals surface area contributed by atoms with Crippen LogP contribution in [0.1, 0.15) is 207 Å². The van der Waals surface area contributed by atoms with Gasteiger partial charge in [0, 0.05) is 72.5 Å². The summed E-state index contributed by atoms with van der Waals surface area (Å²) in [5.41, 5.74) is 0. The second kappa shape index (κ2) is 15.7. The highest BCUT2D eigenvalue weighted by Gasteiger charge is 2.77. The molecule has 0 aromatic carbocycles. The first-order valence-electron chi connectivity index (χ1n) is 30.6. The fraction of sp³-hybridized carbons (Fsp3) is 1.00. The Kier molecular flexibility index (Phi) is 10.2. The molecule has 64 heavy (non-hydrogen) atoms. The first-order chi connectivity index (χ1) is 31.5. The maximum absolute atomic E-state index is 3.68. The van der Waals surface area contributed by atoms with Crippen molar-refractivity contribution in [3.63, 3.8) is 0 Å². The largest absolute Gasteiger partial charge is 0.292 e. The summed E-state index contributed by atoms with van der Waals surface area (Å²) < 4.78 is 0. The van der Waals surface area contributed by atoms with Gasteiger partial charge in [-0.3, -0.25) is 19.6 Å². The number of rotatable bonds is 4. The normalized spacial score (nSPS) is 57.1. The smallest absolute Gasteiger partial charge is 0.0292 e. The van der Waals surface area contributed by atoms with Crippen LogP contribution in [0.2, 0.25) is 0 Å². The zero-order valence-corrected chi connectivity index (χ0v) is 41.8. The molecule has 15 fully saturated rings. The predicted molar refractivity (Wildman–Crippen MR) is 261 cm³/mol. The summed E-state index contributed by atoms with van der Waals surface area (Å²) in [4.78, 5) is 14.3. The van der Waals surface area contributed by atoms with Gasteiger partial charge in [0.05, 0.1) is 0 Å². The van der Waals surface area contributed by atoms with Gasteiger partial charge in [0.15, 0.2) is 0 Å². The first-order valence-corrected chi connectivity index (χ1v) is 30.6. The molecule has 15 aliphatic rings. The quantitative estimate of drug-likeness (QED) is 0.279. The van der Waals surface area contributed by atoms with Gasteiger partial charge in [-0.05, 0) is 197 Å². The lowest BCUT2D eigenvalue weighted by atomic mass is 9.50. The maximum atomic E-state index is 3.68. The summed E-state index contributed by atoms with van der Waals surface area (Å²) in [7, 11) is 0. The summed E-state index contributed by atoms with van der Waals surface area (Å²) in [6.45, 7) is 11.3. The van der Waals surface area contributed by atoms with Gasteiger partial charge in [-0.2, -0.15) is 0 Å². The van der Waals surface area contributed by atoms with Crippen molar-refractivity contribution >= 4 is 0 Å². The lowest BCUT2D eigenvalue weighted by molar-refractivity contribution is -0.102. The van der Waals surface area contributed by atoms with E-state index in [-0.39, 0.29) is 0 Å². The number of fused-ring (bicyclic) bond motifs is 20. The molecule has 15 rings (SSSR count). The third-order valence-electron chi connectivity index (χ3n) is 26.3. The Morgan fingerprint density at radius 3 is 0.969 bits per heavy atom. The zero-order valence-electron chi connectivity index (χ0n) is 41.8. The Labute approximate surface area is 392 Å². The van der Waals surface area contributed by atoms with Crippen molar-refractivity contribution in [2.24, 2.45) is 94.7 Å². The van der Waals surface area contributed by atoms with Gasteiger partial charge < -0.3 is 0 Å². The van der Waals surface area contributed by atoms with Crippen molar-refractivity contribution < 1.29 is 0 Å². The van der Waals surface area contributed by atoms with Gasteiger partial charge in [0.2, 0.25) is 0 Å². The molecule has 9 aliphatic carbocycles. The van der Waals surface area contributed by atoms with E-state index in [1.165, 1.54) is 89.9 Å². The summed E-state index contributed by atoms with van der Waals surface area (Å²) >= 11 is 0. The average Bonchev–Trinajstić information content (AvgIpc) is 4.16. The summed E-state index contributed by atoms with van der Waals surface area (Å²) in [5, 5.41) is 0. The standard InChI is InChI=1S/C60H96N4/c1-33(2)49-51-45-25-15-23-39-44-32-30-42-38-22-12-14-28-48(38)62(36-19-9-6-10-20-36)56(42)58(44)64(53(39)45)60(51)50(34(3)4)52-46-26-16-24-40-43-31-29-41-37-21-11-13-27-47(37)61(35-17-7-5-8-18-35)55(41)57(43)63(54(40)46)59(49)52/h33-60H,5-32H2,1-4H3. The molecule has 24 atom stereocenters. The molecule has 0 spiro atoms. The molecule has 4 heteroatoms. The minimum atomic E-state index is 0.814. The lowest BCUT2D eigenvalue weighted by Gasteiger charge is -2.59. The van der Waals surface area contributed by atoms with Crippen molar-refractivity contribution in [2.45, 2.75) is 280 Å². The van der Waals surface area contributed by atoms with E-state index in [4.69, 9.17) is 0 Å². The first kappa shape index (κ1) is 41.6.